The zero-order valence-corrected chi connectivity index (χ0v) is 12.9. The molecule has 1 aromatic rings. The van der Waals surface area contributed by atoms with E-state index in [1.165, 1.54) is 0 Å². The number of carbonyl (C=O) groups excluding carboxylic acids is 1. The number of benzene rings is 1. The van der Waals surface area contributed by atoms with Crippen LogP contribution in [0.3, 0.4) is 0 Å². The third-order valence-electron chi connectivity index (χ3n) is 3.64. The van der Waals surface area contributed by atoms with Crippen LogP contribution in [-0.4, -0.2) is 25.2 Å². The molecule has 20 heavy (non-hydrogen) atoms. The predicted octanol–water partition coefficient (Wildman–Crippen LogP) is 2.78. The van der Waals surface area contributed by atoms with E-state index in [0.717, 1.165) is 42.7 Å². The van der Waals surface area contributed by atoms with Crippen LogP contribution in [0.25, 0.3) is 0 Å². The molecule has 0 radical (unpaired) electrons. The highest BCUT2D eigenvalue weighted by Gasteiger charge is 2.29. The van der Waals surface area contributed by atoms with Crippen molar-refractivity contribution in [2.45, 2.75) is 39.2 Å². The lowest BCUT2D eigenvalue weighted by Crippen LogP contribution is -2.44. The van der Waals surface area contributed by atoms with Crippen molar-refractivity contribution in [3.63, 3.8) is 0 Å². The summed E-state index contributed by atoms with van der Waals surface area (Å²) in [6.07, 6.45) is 2.75. The third kappa shape index (κ3) is 3.18. The van der Waals surface area contributed by atoms with E-state index < -0.39 is 0 Å². The summed E-state index contributed by atoms with van der Waals surface area (Å²) in [7, 11) is 0. The molecule has 0 amide bonds. The summed E-state index contributed by atoms with van der Waals surface area (Å²) in [4.78, 5) is 14.2. The quantitative estimate of drug-likeness (QED) is 0.686. The van der Waals surface area contributed by atoms with Crippen LogP contribution in [0.4, 0.5) is 11.4 Å². The van der Waals surface area contributed by atoms with E-state index in [1.54, 1.807) is 0 Å². The van der Waals surface area contributed by atoms with Gasteiger partial charge in [-0.05, 0) is 43.9 Å². The Labute approximate surface area is 126 Å². The highest BCUT2D eigenvalue weighted by atomic mass is 35.5. The zero-order chi connectivity index (χ0) is 13.8. The maximum atomic E-state index is 12.1. The summed E-state index contributed by atoms with van der Waals surface area (Å²) in [6, 6.07) is 5.71. The Morgan fingerprint density at radius 1 is 1.45 bits per heavy atom. The molecule has 4 nitrogen and oxygen atoms in total. The first-order valence-corrected chi connectivity index (χ1v) is 6.99. The van der Waals surface area contributed by atoms with Crippen LogP contribution < -0.4 is 10.6 Å². The number of rotatable bonds is 4. The molecule has 0 spiro atoms. The monoisotopic (exact) mass is 298 g/mol. The number of esters is 1. The van der Waals surface area contributed by atoms with E-state index >= 15 is 0 Å². The zero-order valence-electron chi connectivity index (χ0n) is 12.1. The summed E-state index contributed by atoms with van der Waals surface area (Å²) in [5.41, 5.74) is 9.11. The van der Waals surface area contributed by atoms with Gasteiger partial charge in [0.15, 0.2) is 0 Å². The van der Waals surface area contributed by atoms with Crippen LogP contribution in [0, 0.1) is 0 Å². The summed E-state index contributed by atoms with van der Waals surface area (Å²) < 4.78 is 5.18. The number of ether oxygens (including phenoxy) is 1. The fourth-order valence-electron chi connectivity index (χ4n) is 2.76. The van der Waals surface area contributed by atoms with E-state index in [1.807, 2.05) is 32.0 Å². The minimum Gasteiger partial charge on any atom is -0.464 e. The number of nitrogens with zero attached hydrogens (tertiary/aromatic N) is 1. The van der Waals surface area contributed by atoms with Gasteiger partial charge in [-0.1, -0.05) is 13.0 Å². The van der Waals surface area contributed by atoms with Gasteiger partial charge < -0.3 is 15.4 Å². The van der Waals surface area contributed by atoms with E-state index in [9.17, 15) is 4.79 Å². The number of halogens is 1. The minimum absolute atomic E-state index is 0. The average molecular weight is 299 g/mol. The van der Waals surface area contributed by atoms with Gasteiger partial charge in [0.25, 0.3) is 0 Å². The van der Waals surface area contributed by atoms with Crippen molar-refractivity contribution >= 4 is 29.8 Å². The van der Waals surface area contributed by atoms with Crippen molar-refractivity contribution < 1.29 is 9.53 Å². The van der Waals surface area contributed by atoms with Gasteiger partial charge in [-0.3, -0.25) is 0 Å². The molecule has 1 atom stereocenters. The Bertz CT molecular complexity index is 465. The van der Waals surface area contributed by atoms with Gasteiger partial charge in [-0.15, -0.1) is 12.4 Å². The second-order valence-electron chi connectivity index (χ2n) is 4.82. The Morgan fingerprint density at radius 3 is 2.85 bits per heavy atom. The maximum absolute atomic E-state index is 12.1. The molecular formula is C15H23ClN2O2. The van der Waals surface area contributed by atoms with Crippen molar-refractivity contribution in [2.75, 3.05) is 23.8 Å². The normalized spacial score (nSPS) is 15.0. The van der Waals surface area contributed by atoms with Crippen molar-refractivity contribution in [3.8, 4) is 0 Å². The second kappa shape index (κ2) is 7.39. The van der Waals surface area contributed by atoms with Gasteiger partial charge in [0.05, 0.1) is 6.61 Å². The highest BCUT2D eigenvalue weighted by molar-refractivity contribution is 5.85. The number of hydrogen-bond acceptors (Lipinski definition) is 4. The van der Waals surface area contributed by atoms with Gasteiger partial charge in [0, 0.05) is 17.9 Å². The summed E-state index contributed by atoms with van der Waals surface area (Å²) >= 11 is 0. The Hall–Kier alpha value is -1.42. The number of hydrogen-bond donors (Lipinski definition) is 1. The molecule has 0 saturated heterocycles. The van der Waals surface area contributed by atoms with Crippen LogP contribution in [-0.2, 0) is 16.0 Å². The lowest BCUT2D eigenvalue weighted by atomic mass is 9.97. The summed E-state index contributed by atoms with van der Waals surface area (Å²) in [5.74, 6) is -0.139. The lowest BCUT2D eigenvalue weighted by molar-refractivity contribution is -0.144. The van der Waals surface area contributed by atoms with Gasteiger partial charge in [0.1, 0.15) is 6.04 Å². The first-order chi connectivity index (χ1) is 9.19. The van der Waals surface area contributed by atoms with Crippen LogP contribution in [0.5, 0.6) is 0 Å². The Morgan fingerprint density at radius 2 is 2.20 bits per heavy atom. The smallest absolute Gasteiger partial charge is 0.328 e. The number of fused-ring (bicyclic) bond motifs is 1. The largest absolute Gasteiger partial charge is 0.464 e. The van der Waals surface area contributed by atoms with Crippen LogP contribution >= 0.6 is 12.4 Å². The summed E-state index contributed by atoms with van der Waals surface area (Å²) in [6.45, 7) is 5.16. The first-order valence-electron chi connectivity index (χ1n) is 6.99. The minimum atomic E-state index is -0.208. The molecule has 0 saturated carbocycles. The van der Waals surface area contributed by atoms with Crippen molar-refractivity contribution in [2.24, 2.45) is 0 Å². The Balaban J connectivity index is 0.00000200. The molecule has 1 heterocycles. The van der Waals surface area contributed by atoms with E-state index in [-0.39, 0.29) is 24.4 Å². The molecule has 0 aliphatic carbocycles. The van der Waals surface area contributed by atoms with Crippen LogP contribution in [0.1, 0.15) is 32.3 Å². The summed E-state index contributed by atoms with van der Waals surface area (Å²) in [5, 5.41) is 0. The number of nitrogens with two attached hydrogens (primary N) is 1. The van der Waals surface area contributed by atoms with Gasteiger partial charge >= 0.3 is 5.97 Å². The molecule has 2 rings (SSSR count). The van der Waals surface area contributed by atoms with E-state index in [2.05, 4.69) is 4.90 Å². The third-order valence-corrected chi connectivity index (χ3v) is 3.64. The molecule has 112 valence electrons. The second-order valence-corrected chi connectivity index (χ2v) is 4.82. The van der Waals surface area contributed by atoms with Gasteiger partial charge in [-0.2, -0.15) is 0 Å². The molecule has 1 aromatic carbocycles. The molecule has 0 bridgehead atoms. The predicted molar refractivity (Wildman–Crippen MR) is 84.5 cm³/mol. The molecule has 5 heteroatoms. The van der Waals surface area contributed by atoms with E-state index in [0.29, 0.717) is 6.61 Å². The van der Waals surface area contributed by atoms with Gasteiger partial charge in [-0.25, -0.2) is 4.79 Å². The van der Waals surface area contributed by atoms with Crippen molar-refractivity contribution in [1.82, 2.24) is 0 Å². The lowest BCUT2D eigenvalue weighted by Gasteiger charge is -2.36. The molecule has 2 N–H and O–H groups in total. The highest BCUT2D eigenvalue weighted by Crippen LogP contribution is 2.33. The SMILES string of the molecule is CCOC(=O)C(CC)N1CCCc2c(N)cccc21.Cl. The van der Waals surface area contributed by atoms with Crippen LogP contribution in [0.15, 0.2) is 18.2 Å². The first kappa shape index (κ1) is 16.6. The molecule has 1 aliphatic rings. The number of anilines is 2. The molecule has 0 aromatic heterocycles. The van der Waals surface area contributed by atoms with Gasteiger partial charge in [0.2, 0.25) is 0 Å². The molecular weight excluding hydrogens is 276 g/mol. The molecule has 1 unspecified atom stereocenters. The fourth-order valence-corrected chi connectivity index (χ4v) is 2.76. The molecule has 1 aliphatic heterocycles. The van der Waals surface area contributed by atoms with Crippen molar-refractivity contribution in [3.05, 3.63) is 23.8 Å². The van der Waals surface area contributed by atoms with E-state index in [4.69, 9.17) is 10.5 Å². The fraction of sp³-hybridized carbons (Fsp3) is 0.533. The van der Waals surface area contributed by atoms with Crippen LogP contribution in [0.2, 0.25) is 0 Å². The number of carbonyl (C=O) groups is 1. The topological polar surface area (TPSA) is 55.6 Å². The number of nitrogen functional groups attached to an aromatic ring is 1. The average Bonchev–Trinajstić information content (AvgIpc) is 2.41. The Kier molecular flexibility index (Phi) is 6.14. The standard InChI is InChI=1S/C15H22N2O2.ClH/c1-3-13(15(18)19-4-2)17-10-6-7-11-12(16)8-5-9-14(11)17;/h5,8-9,13H,3-4,6-7,10,16H2,1-2H3;1H. The maximum Gasteiger partial charge on any atom is 0.328 e. The van der Waals surface area contributed by atoms with Crippen molar-refractivity contribution in [1.29, 1.82) is 0 Å². The molecule has 0 fully saturated rings.